The maximum absolute atomic E-state index is 14.1. The lowest BCUT2D eigenvalue weighted by molar-refractivity contribution is 0.0233. The van der Waals surface area contributed by atoms with Crippen LogP contribution in [0.25, 0.3) is 0 Å². The summed E-state index contributed by atoms with van der Waals surface area (Å²) in [5, 5.41) is 4.02. The molecule has 3 aromatic rings. The molecule has 0 fully saturated rings. The monoisotopic (exact) mass is 393 g/mol. The fraction of sp³-hybridized carbons (Fsp3) is 0.176. The lowest BCUT2D eigenvalue weighted by atomic mass is 10.1. The fourth-order valence-corrected chi connectivity index (χ4v) is 2.54. The Hall–Kier alpha value is -2.12. The van der Waals surface area contributed by atoms with Crippen molar-refractivity contribution in [2.75, 3.05) is 0 Å². The van der Waals surface area contributed by atoms with Crippen molar-refractivity contribution in [1.82, 2.24) is 14.8 Å². The molecule has 124 valence electrons. The van der Waals surface area contributed by atoms with Crippen LogP contribution in [0.2, 0.25) is 0 Å². The highest BCUT2D eigenvalue weighted by Gasteiger charge is 2.18. The number of hydrogen-bond acceptors (Lipinski definition) is 3. The summed E-state index contributed by atoms with van der Waals surface area (Å²) < 4.78 is 35.7. The first-order valence-electron chi connectivity index (χ1n) is 7.25. The third-order valence-corrected chi connectivity index (χ3v) is 4.02. The van der Waals surface area contributed by atoms with Crippen LogP contribution in [0.15, 0.2) is 59.6 Å². The number of benzene rings is 2. The number of rotatable bonds is 6. The van der Waals surface area contributed by atoms with Crippen molar-refractivity contribution >= 4 is 15.9 Å². The first kappa shape index (κ1) is 16.7. The third-order valence-electron chi connectivity index (χ3n) is 3.49. The van der Waals surface area contributed by atoms with Crippen LogP contribution in [0, 0.1) is 11.6 Å². The molecule has 0 aliphatic carbocycles. The highest BCUT2D eigenvalue weighted by atomic mass is 79.9. The van der Waals surface area contributed by atoms with E-state index in [2.05, 4.69) is 26.0 Å². The van der Waals surface area contributed by atoms with E-state index in [9.17, 15) is 8.78 Å². The Balaban J connectivity index is 1.80. The number of ether oxygens (including phenoxy) is 1. The van der Waals surface area contributed by atoms with Crippen molar-refractivity contribution < 1.29 is 13.5 Å². The molecule has 0 saturated heterocycles. The molecule has 7 heteroatoms. The second-order valence-electron chi connectivity index (χ2n) is 5.21. The van der Waals surface area contributed by atoms with E-state index in [1.165, 1.54) is 24.8 Å². The standard InChI is InChI=1S/C17H14BrF2N3O/c18-13-3-1-12(2-4-13)9-24-17(8-23-11-21-10-22-23)15-6-5-14(19)7-16(15)20/h1-7,10-11,17H,8-9H2. The normalized spacial score (nSPS) is 12.3. The van der Waals surface area contributed by atoms with Crippen molar-refractivity contribution in [3.63, 3.8) is 0 Å². The maximum atomic E-state index is 14.1. The summed E-state index contributed by atoms with van der Waals surface area (Å²) in [7, 11) is 0. The molecule has 4 nitrogen and oxygen atoms in total. The second-order valence-corrected chi connectivity index (χ2v) is 6.13. The van der Waals surface area contributed by atoms with Gasteiger partial charge >= 0.3 is 0 Å². The van der Waals surface area contributed by atoms with Gasteiger partial charge in [-0.25, -0.2) is 13.8 Å². The van der Waals surface area contributed by atoms with Crippen LogP contribution >= 0.6 is 15.9 Å². The molecule has 24 heavy (non-hydrogen) atoms. The molecule has 0 aliphatic rings. The number of halogens is 3. The van der Waals surface area contributed by atoms with Gasteiger partial charge in [-0.3, -0.25) is 4.68 Å². The smallest absolute Gasteiger partial charge is 0.137 e. The minimum atomic E-state index is -0.643. The first-order valence-corrected chi connectivity index (χ1v) is 8.04. The Labute approximate surface area is 146 Å². The van der Waals surface area contributed by atoms with Gasteiger partial charge in [0.1, 0.15) is 30.4 Å². The molecule has 1 aromatic heterocycles. The maximum Gasteiger partial charge on any atom is 0.137 e. The predicted octanol–water partition coefficient (Wildman–Crippen LogP) is 4.28. The van der Waals surface area contributed by atoms with Gasteiger partial charge in [0.2, 0.25) is 0 Å². The topological polar surface area (TPSA) is 39.9 Å². The molecule has 3 rings (SSSR count). The SMILES string of the molecule is Fc1ccc(C(Cn2cncn2)OCc2ccc(Br)cc2)c(F)c1. The van der Waals surface area contributed by atoms with Crippen LogP contribution in [0.5, 0.6) is 0 Å². The summed E-state index contributed by atoms with van der Waals surface area (Å²) in [5.41, 5.74) is 1.23. The zero-order chi connectivity index (χ0) is 16.9. The summed E-state index contributed by atoms with van der Waals surface area (Å²) in [4.78, 5) is 3.87. The molecule has 0 spiro atoms. The Morgan fingerprint density at radius 3 is 2.58 bits per heavy atom. The summed E-state index contributed by atoms with van der Waals surface area (Å²) in [5.74, 6) is -1.26. The van der Waals surface area contributed by atoms with Crippen molar-refractivity contribution in [2.24, 2.45) is 0 Å². The van der Waals surface area contributed by atoms with E-state index in [-0.39, 0.29) is 12.1 Å². The number of hydrogen-bond donors (Lipinski definition) is 0. The molecular weight excluding hydrogens is 380 g/mol. The van der Waals surface area contributed by atoms with E-state index in [1.807, 2.05) is 24.3 Å². The fourth-order valence-electron chi connectivity index (χ4n) is 2.28. The van der Waals surface area contributed by atoms with Crippen LogP contribution < -0.4 is 0 Å². The van der Waals surface area contributed by atoms with Crippen molar-refractivity contribution in [3.8, 4) is 0 Å². The highest BCUT2D eigenvalue weighted by molar-refractivity contribution is 9.10. The summed E-state index contributed by atoms with van der Waals surface area (Å²) in [6.45, 7) is 0.572. The van der Waals surface area contributed by atoms with Gasteiger partial charge in [0.05, 0.1) is 13.2 Å². The van der Waals surface area contributed by atoms with Gasteiger partial charge < -0.3 is 4.74 Å². The van der Waals surface area contributed by atoms with E-state index in [1.54, 1.807) is 4.68 Å². The van der Waals surface area contributed by atoms with E-state index >= 15 is 0 Å². The summed E-state index contributed by atoms with van der Waals surface area (Å²) in [6, 6.07) is 11.1. The minimum Gasteiger partial charge on any atom is -0.367 e. The number of nitrogens with zero attached hydrogens (tertiary/aromatic N) is 3. The van der Waals surface area contributed by atoms with E-state index in [0.717, 1.165) is 16.1 Å². The van der Waals surface area contributed by atoms with Crippen LogP contribution in [-0.2, 0) is 17.9 Å². The van der Waals surface area contributed by atoms with Crippen molar-refractivity contribution in [2.45, 2.75) is 19.3 Å². The molecule has 0 saturated carbocycles. The van der Waals surface area contributed by atoms with Crippen molar-refractivity contribution in [3.05, 3.63) is 82.4 Å². The van der Waals surface area contributed by atoms with Crippen LogP contribution in [0.4, 0.5) is 8.78 Å². The average molecular weight is 394 g/mol. The first-order chi connectivity index (χ1) is 11.6. The molecule has 0 radical (unpaired) electrons. The number of aromatic nitrogens is 3. The van der Waals surface area contributed by atoms with E-state index in [4.69, 9.17) is 4.74 Å². The van der Waals surface area contributed by atoms with Gasteiger partial charge in [-0.05, 0) is 23.8 Å². The van der Waals surface area contributed by atoms with Crippen LogP contribution in [0.1, 0.15) is 17.2 Å². The van der Waals surface area contributed by atoms with Gasteiger partial charge in [-0.1, -0.05) is 34.1 Å². The molecule has 0 N–H and O–H groups in total. The molecule has 1 heterocycles. The van der Waals surface area contributed by atoms with Gasteiger partial charge in [0.15, 0.2) is 0 Å². The Morgan fingerprint density at radius 1 is 1.12 bits per heavy atom. The highest BCUT2D eigenvalue weighted by Crippen LogP contribution is 2.25. The van der Waals surface area contributed by atoms with E-state index < -0.39 is 17.7 Å². The molecule has 0 aliphatic heterocycles. The zero-order valence-electron chi connectivity index (χ0n) is 12.6. The second kappa shape index (κ2) is 7.63. The van der Waals surface area contributed by atoms with Gasteiger partial charge in [0.25, 0.3) is 0 Å². The zero-order valence-corrected chi connectivity index (χ0v) is 14.2. The molecule has 0 amide bonds. The van der Waals surface area contributed by atoms with Gasteiger partial charge in [0, 0.05) is 16.1 Å². The molecule has 0 bridgehead atoms. The van der Waals surface area contributed by atoms with Crippen LogP contribution in [0.3, 0.4) is 0 Å². The van der Waals surface area contributed by atoms with E-state index in [0.29, 0.717) is 6.61 Å². The molecule has 1 unspecified atom stereocenters. The summed E-state index contributed by atoms with van der Waals surface area (Å²) >= 11 is 3.37. The Kier molecular flexibility index (Phi) is 5.32. The Morgan fingerprint density at radius 2 is 1.92 bits per heavy atom. The molecular formula is C17H14BrF2N3O. The quantitative estimate of drug-likeness (QED) is 0.627. The summed E-state index contributed by atoms with van der Waals surface area (Å²) in [6.07, 6.45) is 2.31. The van der Waals surface area contributed by atoms with Gasteiger partial charge in [-0.2, -0.15) is 5.10 Å². The third kappa shape index (κ3) is 4.24. The van der Waals surface area contributed by atoms with Gasteiger partial charge in [-0.15, -0.1) is 0 Å². The minimum absolute atomic E-state index is 0.277. The largest absolute Gasteiger partial charge is 0.367 e. The Bertz CT molecular complexity index is 794. The van der Waals surface area contributed by atoms with Crippen molar-refractivity contribution in [1.29, 1.82) is 0 Å². The molecule has 1 atom stereocenters. The molecule has 2 aromatic carbocycles. The average Bonchev–Trinajstić information content (AvgIpc) is 3.06. The lowest BCUT2D eigenvalue weighted by Crippen LogP contribution is -2.15. The van der Waals surface area contributed by atoms with Crippen LogP contribution in [-0.4, -0.2) is 14.8 Å². The predicted molar refractivity (Wildman–Crippen MR) is 88.1 cm³/mol. The lowest BCUT2D eigenvalue weighted by Gasteiger charge is -2.19.